The molecule has 0 aliphatic carbocycles. The van der Waals surface area contributed by atoms with Crippen LogP contribution in [0.5, 0.6) is 0 Å². The van der Waals surface area contributed by atoms with Crippen molar-refractivity contribution in [2.24, 2.45) is 0 Å². The Bertz CT molecular complexity index is 389. The lowest BCUT2D eigenvalue weighted by Gasteiger charge is -2.00. The summed E-state index contributed by atoms with van der Waals surface area (Å²) >= 11 is 1.33. The molecule has 2 aromatic rings. The van der Waals surface area contributed by atoms with Gasteiger partial charge in [0.05, 0.1) is 5.69 Å². The van der Waals surface area contributed by atoms with Gasteiger partial charge < -0.3 is 9.84 Å². The molecule has 0 saturated carbocycles. The Balaban J connectivity index is 2.05. The molecule has 0 bridgehead atoms. The number of aromatic nitrogens is 3. The number of anilines is 1. The van der Waals surface area contributed by atoms with Crippen molar-refractivity contribution in [1.29, 1.82) is 0 Å². The van der Waals surface area contributed by atoms with Gasteiger partial charge in [-0.05, 0) is 13.8 Å². The molecule has 2 aromatic heterocycles. The van der Waals surface area contributed by atoms with Gasteiger partial charge in [-0.15, -0.1) is 0 Å². The third-order valence-electron chi connectivity index (χ3n) is 1.96. The van der Waals surface area contributed by atoms with E-state index in [1.54, 1.807) is 0 Å². The van der Waals surface area contributed by atoms with Gasteiger partial charge in [0.2, 0.25) is 5.13 Å². The summed E-state index contributed by atoms with van der Waals surface area (Å²) in [7, 11) is 0. The Morgan fingerprint density at radius 2 is 2.36 bits per heavy atom. The van der Waals surface area contributed by atoms with Crippen molar-refractivity contribution in [2.75, 3.05) is 5.32 Å². The summed E-state index contributed by atoms with van der Waals surface area (Å²) in [6.45, 7) is 4.50. The van der Waals surface area contributed by atoms with Crippen LogP contribution in [-0.4, -0.2) is 14.5 Å². The van der Waals surface area contributed by atoms with E-state index in [9.17, 15) is 0 Å². The first kappa shape index (κ1) is 9.14. The summed E-state index contributed by atoms with van der Waals surface area (Å²) in [4.78, 5) is 4.02. The molecule has 0 aliphatic rings. The lowest BCUT2D eigenvalue weighted by atomic mass is 10.2. The molecular formula is C8H10N4OS. The van der Waals surface area contributed by atoms with Crippen molar-refractivity contribution >= 4 is 16.7 Å². The quantitative estimate of drug-likeness (QED) is 0.836. The van der Waals surface area contributed by atoms with Gasteiger partial charge in [-0.3, -0.25) is 0 Å². The average Bonchev–Trinajstić information content (AvgIpc) is 2.76. The Hall–Kier alpha value is -1.43. The second-order valence-electron chi connectivity index (χ2n) is 2.90. The van der Waals surface area contributed by atoms with E-state index in [1.807, 2.05) is 13.8 Å². The normalized spacial score (nSPS) is 10.4. The van der Waals surface area contributed by atoms with Crippen LogP contribution in [0, 0.1) is 13.8 Å². The Morgan fingerprint density at radius 1 is 1.50 bits per heavy atom. The first-order valence-corrected chi connectivity index (χ1v) is 4.97. The van der Waals surface area contributed by atoms with Crippen molar-refractivity contribution in [3.8, 4) is 0 Å². The van der Waals surface area contributed by atoms with Crippen LogP contribution in [0.2, 0.25) is 0 Å². The molecule has 6 heteroatoms. The molecule has 0 aliphatic heterocycles. The SMILES string of the molecule is Cc1noc(C)c1CNc1ncns1. The van der Waals surface area contributed by atoms with E-state index in [4.69, 9.17) is 4.52 Å². The first-order valence-electron chi connectivity index (χ1n) is 4.19. The van der Waals surface area contributed by atoms with Crippen LogP contribution in [0.15, 0.2) is 10.9 Å². The molecule has 0 unspecified atom stereocenters. The minimum absolute atomic E-state index is 0.677. The number of aryl methyl sites for hydroxylation is 2. The van der Waals surface area contributed by atoms with Crippen LogP contribution in [0.4, 0.5) is 5.13 Å². The zero-order valence-corrected chi connectivity index (χ0v) is 8.76. The van der Waals surface area contributed by atoms with E-state index in [0.717, 1.165) is 22.1 Å². The van der Waals surface area contributed by atoms with Crippen LogP contribution in [-0.2, 0) is 6.54 Å². The highest BCUT2D eigenvalue weighted by molar-refractivity contribution is 7.09. The number of rotatable bonds is 3. The van der Waals surface area contributed by atoms with Gasteiger partial charge in [-0.1, -0.05) is 5.16 Å². The zero-order valence-electron chi connectivity index (χ0n) is 7.94. The number of hydrogen-bond donors (Lipinski definition) is 1. The molecule has 0 fully saturated rings. The van der Waals surface area contributed by atoms with E-state index in [0.29, 0.717) is 6.54 Å². The molecule has 5 nitrogen and oxygen atoms in total. The molecule has 0 saturated heterocycles. The molecular weight excluding hydrogens is 200 g/mol. The van der Waals surface area contributed by atoms with Gasteiger partial charge in [0, 0.05) is 23.6 Å². The predicted octanol–water partition coefficient (Wildman–Crippen LogP) is 1.76. The topological polar surface area (TPSA) is 63.8 Å². The lowest BCUT2D eigenvalue weighted by molar-refractivity contribution is 0.392. The van der Waals surface area contributed by atoms with Crippen molar-refractivity contribution in [3.05, 3.63) is 23.3 Å². The Morgan fingerprint density at radius 3 is 2.93 bits per heavy atom. The summed E-state index contributed by atoms with van der Waals surface area (Å²) in [6, 6.07) is 0. The number of hydrogen-bond acceptors (Lipinski definition) is 6. The van der Waals surface area contributed by atoms with Crippen molar-refractivity contribution in [1.82, 2.24) is 14.5 Å². The van der Waals surface area contributed by atoms with E-state index < -0.39 is 0 Å². The summed E-state index contributed by atoms with van der Waals surface area (Å²) < 4.78 is 8.94. The fraction of sp³-hybridized carbons (Fsp3) is 0.375. The predicted molar refractivity (Wildman–Crippen MR) is 53.2 cm³/mol. The molecule has 74 valence electrons. The molecule has 0 spiro atoms. The van der Waals surface area contributed by atoms with Gasteiger partial charge in [0.1, 0.15) is 12.1 Å². The van der Waals surface area contributed by atoms with Crippen molar-refractivity contribution < 1.29 is 4.52 Å². The fourth-order valence-electron chi connectivity index (χ4n) is 1.17. The van der Waals surface area contributed by atoms with Crippen molar-refractivity contribution in [2.45, 2.75) is 20.4 Å². The molecule has 0 radical (unpaired) electrons. The van der Waals surface area contributed by atoms with E-state index in [1.165, 1.54) is 17.9 Å². The summed E-state index contributed by atoms with van der Waals surface area (Å²) in [5.41, 5.74) is 2.00. The first-order chi connectivity index (χ1) is 6.77. The second-order valence-corrected chi connectivity index (χ2v) is 3.68. The highest BCUT2D eigenvalue weighted by Crippen LogP contribution is 2.15. The van der Waals surface area contributed by atoms with Crippen LogP contribution < -0.4 is 5.32 Å². The monoisotopic (exact) mass is 210 g/mol. The third-order valence-corrected chi connectivity index (χ3v) is 2.58. The molecule has 0 aromatic carbocycles. The summed E-state index contributed by atoms with van der Waals surface area (Å²) in [5.74, 6) is 0.847. The summed E-state index contributed by atoms with van der Waals surface area (Å²) in [6.07, 6.45) is 1.53. The number of nitrogens with zero attached hydrogens (tertiary/aromatic N) is 3. The standard InChI is InChI=1S/C8H10N4OS/c1-5-7(6(2)13-12-5)3-9-8-10-4-11-14-8/h4H,3H2,1-2H3,(H,9,10,11). The van der Waals surface area contributed by atoms with Gasteiger partial charge in [-0.25, -0.2) is 4.98 Å². The van der Waals surface area contributed by atoms with E-state index in [-0.39, 0.29) is 0 Å². The minimum Gasteiger partial charge on any atom is -0.361 e. The molecule has 14 heavy (non-hydrogen) atoms. The zero-order chi connectivity index (χ0) is 9.97. The van der Waals surface area contributed by atoms with E-state index >= 15 is 0 Å². The molecule has 2 rings (SSSR count). The van der Waals surface area contributed by atoms with Crippen molar-refractivity contribution in [3.63, 3.8) is 0 Å². The Kier molecular flexibility index (Phi) is 2.45. The largest absolute Gasteiger partial charge is 0.361 e. The fourth-order valence-corrected chi connectivity index (χ4v) is 1.59. The maximum absolute atomic E-state index is 5.04. The van der Waals surface area contributed by atoms with Gasteiger partial charge in [0.15, 0.2) is 0 Å². The average molecular weight is 210 g/mol. The summed E-state index contributed by atoms with van der Waals surface area (Å²) in [5, 5.41) is 7.83. The number of nitrogens with one attached hydrogen (secondary N) is 1. The van der Waals surface area contributed by atoms with Crippen LogP contribution >= 0.6 is 11.5 Å². The van der Waals surface area contributed by atoms with E-state index in [2.05, 4.69) is 19.8 Å². The van der Waals surface area contributed by atoms with Crippen LogP contribution in [0.1, 0.15) is 17.0 Å². The van der Waals surface area contributed by atoms with Gasteiger partial charge in [0.25, 0.3) is 0 Å². The van der Waals surface area contributed by atoms with Crippen LogP contribution in [0.3, 0.4) is 0 Å². The molecule has 2 heterocycles. The highest BCUT2D eigenvalue weighted by atomic mass is 32.1. The highest BCUT2D eigenvalue weighted by Gasteiger charge is 2.08. The maximum atomic E-state index is 5.04. The second kappa shape index (κ2) is 3.75. The smallest absolute Gasteiger partial charge is 0.202 e. The van der Waals surface area contributed by atoms with Gasteiger partial charge in [-0.2, -0.15) is 4.37 Å². The molecule has 0 amide bonds. The maximum Gasteiger partial charge on any atom is 0.202 e. The lowest BCUT2D eigenvalue weighted by Crippen LogP contribution is -2.00. The molecule has 0 atom stereocenters. The van der Waals surface area contributed by atoms with Crippen LogP contribution in [0.25, 0.3) is 0 Å². The third kappa shape index (κ3) is 1.74. The Labute approximate surface area is 85.3 Å². The minimum atomic E-state index is 0.677. The van der Waals surface area contributed by atoms with Gasteiger partial charge >= 0.3 is 0 Å². The molecule has 1 N–H and O–H groups in total.